The van der Waals surface area contributed by atoms with Gasteiger partial charge in [0.25, 0.3) is 6.13 Å². The quantitative estimate of drug-likeness (QED) is 0.459. The van der Waals surface area contributed by atoms with Gasteiger partial charge in [-0.2, -0.15) is 11.5 Å². The fourth-order valence-corrected chi connectivity index (χ4v) is 4.73. The predicted octanol–water partition coefficient (Wildman–Crippen LogP) is -7.32. The van der Waals surface area contributed by atoms with E-state index in [2.05, 4.69) is 0 Å². The SMILES string of the molecule is [B]c1c([B])c([B])c2c(c1[B])B(Cl)C1([B])C2(N)C(=O)C([B])(O)C([B])([B])C1([B])[B]. The van der Waals surface area contributed by atoms with Crippen LogP contribution in [0.5, 0.6) is 0 Å². The molecule has 3 N–H and O–H groups in total. The largest absolute Gasteiger partial charge is 0.393 e. The van der Waals surface area contributed by atoms with Gasteiger partial charge in [0.1, 0.15) is 39.2 Å². The molecule has 2 aliphatic rings. The lowest BCUT2D eigenvalue weighted by Crippen LogP contribution is -2.77. The summed E-state index contributed by atoms with van der Waals surface area (Å²) in [6.07, 6.45) is -1.44. The zero-order valence-electron chi connectivity index (χ0n) is 14.2. The second kappa shape index (κ2) is 5.49. The fourth-order valence-electron chi connectivity index (χ4n) is 4.16. The van der Waals surface area contributed by atoms with Crippen molar-refractivity contribution in [3.05, 3.63) is 5.56 Å². The van der Waals surface area contributed by atoms with Crippen LogP contribution in [0.25, 0.3) is 0 Å². The second-order valence-corrected chi connectivity index (χ2v) is 7.75. The summed E-state index contributed by atoms with van der Waals surface area (Å²) in [6, 6.07) is 0. The van der Waals surface area contributed by atoms with E-state index in [1.807, 2.05) is 0 Å². The van der Waals surface area contributed by atoms with Crippen LogP contribution < -0.4 is 33.0 Å². The summed E-state index contributed by atoms with van der Waals surface area (Å²) >= 11 is 6.54. The summed E-state index contributed by atoms with van der Waals surface area (Å²) in [4.78, 5) is 13.2. The minimum Gasteiger partial charge on any atom is -0.393 e. The molecule has 0 amide bonds. The smallest absolute Gasteiger partial charge is 0.282 e. The number of ketones is 1. The van der Waals surface area contributed by atoms with Gasteiger partial charge in [-0.3, -0.25) is 4.79 Å². The van der Waals surface area contributed by atoms with Crippen molar-refractivity contribution in [1.29, 1.82) is 0 Å². The number of carbonyl (C=O) groups excluding carboxylic acids is 1. The number of rotatable bonds is 0. The first-order valence-electron chi connectivity index (χ1n) is 7.65. The lowest BCUT2D eigenvalue weighted by Gasteiger charge is -2.70. The monoisotopic (exact) mass is 349 g/mol. The first-order valence-corrected chi connectivity index (χ1v) is 8.09. The molecule has 0 aromatic heterocycles. The molecule has 1 aliphatic heterocycles. The van der Waals surface area contributed by atoms with E-state index in [4.69, 9.17) is 95.7 Å². The topological polar surface area (TPSA) is 63.3 Å². The van der Waals surface area contributed by atoms with Gasteiger partial charge in [-0.25, -0.2) is 0 Å². The van der Waals surface area contributed by atoms with Gasteiger partial charge in [-0.15, -0.1) is 21.6 Å². The minimum atomic E-state index is -3.01. The minimum absolute atomic E-state index is 0.0204. The van der Waals surface area contributed by atoms with Crippen molar-refractivity contribution >= 4 is 129 Å². The Morgan fingerprint density at radius 2 is 1.30 bits per heavy atom. The maximum atomic E-state index is 13.2. The van der Waals surface area contributed by atoms with Gasteiger partial charge < -0.3 is 10.8 Å². The van der Waals surface area contributed by atoms with Crippen molar-refractivity contribution in [2.75, 3.05) is 0 Å². The molecule has 15 heteroatoms. The molecule has 3 unspecified atom stereocenters. The van der Waals surface area contributed by atoms with Crippen LogP contribution in [0.15, 0.2) is 0 Å². The van der Waals surface area contributed by atoms with Crippen LogP contribution in [-0.2, 0) is 10.3 Å². The number of hydrogen-bond donors (Lipinski definition) is 2. The Hall–Kier alpha value is -0.186. The summed E-state index contributed by atoms with van der Waals surface area (Å²) in [5.41, 5.74) is 0.0860. The molecule has 20 radical (unpaired) electrons. The van der Waals surface area contributed by atoms with Crippen LogP contribution in [0.1, 0.15) is 5.56 Å². The third kappa shape index (κ3) is 1.90. The molecule has 0 spiro atoms. The van der Waals surface area contributed by atoms with Crippen molar-refractivity contribution in [3.63, 3.8) is 0 Å². The summed E-state index contributed by atoms with van der Waals surface area (Å²) in [5.74, 6) is -1.31. The number of fused-ring (bicyclic) bond motifs is 3. The van der Waals surface area contributed by atoms with E-state index >= 15 is 0 Å². The van der Waals surface area contributed by atoms with E-state index in [-0.39, 0.29) is 32.9 Å². The molecule has 1 saturated carbocycles. The second-order valence-electron chi connectivity index (χ2n) is 7.32. The van der Waals surface area contributed by atoms with Crippen molar-refractivity contribution in [2.45, 2.75) is 26.7 Å². The van der Waals surface area contributed by atoms with E-state index < -0.39 is 38.6 Å². The summed E-state index contributed by atoms with van der Waals surface area (Å²) in [6.45, 7) is 0. The van der Waals surface area contributed by atoms with Gasteiger partial charge in [0.2, 0.25) is 0 Å². The maximum absolute atomic E-state index is 13.2. The number of carbonyl (C=O) groups is 1. The van der Waals surface area contributed by atoms with Gasteiger partial charge in [0.15, 0.2) is 5.78 Å². The third-order valence-corrected chi connectivity index (χ3v) is 6.67. The Bertz CT molecular complexity index is 906. The van der Waals surface area contributed by atoms with E-state index in [1.165, 1.54) is 0 Å². The molecule has 1 aromatic rings. The number of halogens is 1. The number of nitrogens with two attached hydrogens (primary N) is 1. The zero-order chi connectivity index (χ0) is 21.1. The maximum Gasteiger partial charge on any atom is 0.282 e. The molecule has 3 rings (SSSR count). The Balaban J connectivity index is 2.57. The third-order valence-electron chi connectivity index (χ3n) is 6.10. The Labute approximate surface area is 176 Å². The summed E-state index contributed by atoms with van der Waals surface area (Å²) in [5, 5.41) is 3.20. The lowest BCUT2D eigenvalue weighted by atomic mass is 9.07. The van der Waals surface area contributed by atoms with Crippen LogP contribution in [0.4, 0.5) is 0 Å². The normalized spacial score (nSPS) is 36.3. The Morgan fingerprint density at radius 3 is 1.78 bits per heavy atom. The molecule has 27 heavy (non-hydrogen) atoms. The first-order chi connectivity index (χ1) is 12.0. The van der Waals surface area contributed by atoms with E-state index in [0.29, 0.717) is 0 Å². The van der Waals surface area contributed by atoms with Crippen LogP contribution in [-0.4, -0.2) is 101 Å². The molecule has 3 nitrogen and oxygen atoms in total. The highest BCUT2D eigenvalue weighted by Gasteiger charge is 2.77. The van der Waals surface area contributed by atoms with Gasteiger partial charge in [-0.05, 0) is 10.8 Å². The average molecular weight is 348 g/mol. The molecule has 1 aromatic carbocycles. The Kier molecular flexibility index (Phi) is 4.37. The van der Waals surface area contributed by atoms with Crippen LogP contribution >= 0.6 is 11.5 Å². The summed E-state index contributed by atoms with van der Waals surface area (Å²) in [7, 11) is 60.0. The van der Waals surface area contributed by atoms with Crippen LogP contribution in [0, 0.1) is 0 Å². The van der Waals surface area contributed by atoms with Gasteiger partial charge in [-0.1, -0.05) is 16.1 Å². The van der Waals surface area contributed by atoms with Gasteiger partial charge >= 0.3 is 0 Å². The van der Waals surface area contributed by atoms with E-state index in [9.17, 15) is 9.90 Å². The Morgan fingerprint density at radius 1 is 0.852 bits per heavy atom. The van der Waals surface area contributed by atoms with Crippen molar-refractivity contribution in [1.82, 2.24) is 0 Å². The number of hydrogen-bond acceptors (Lipinski definition) is 3. The van der Waals surface area contributed by atoms with Gasteiger partial charge in [0.05, 0.1) is 50.3 Å². The highest BCUT2D eigenvalue weighted by atomic mass is 35.5. The highest BCUT2D eigenvalue weighted by Crippen LogP contribution is 2.74. The molecule has 0 bridgehead atoms. The number of Topliss-reactive ketones (excluding diaryl/α,β-unsaturated/α-hetero) is 1. The van der Waals surface area contributed by atoms with Crippen LogP contribution in [0.3, 0.4) is 0 Å². The fraction of sp³-hybridized carbons (Fsp3) is 0.417. The molecular formula is C12H3B11ClNO2. The zero-order valence-corrected chi connectivity index (χ0v) is 14.9. The molecule has 3 atom stereocenters. The molecule has 0 saturated heterocycles. The predicted molar refractivity (Wildman–Crippen MR) is 118 cm³/mol. The van der Waals surface area contributed by atoms with Gasteiger partial charge in [0, 0.05) is 0 Å². The van der Waals surface area contributed by atoms with Crippen molar-refractivity contribution in [2.24, 2.45) is 5.73 Å². The molecule has 108 valence electrons. The number of aliphatic hydroxyl groups is 1. The van der Waals surface area contributed by atoms with E-state index in [0.717, 1.165) is 0 Å². The average Bonchev–Trinajstić information content (AvgIpc) is 2.76. The van der Waals surface area contributed by atoms with Crippen LogP contribution in [0.2, 0.25) is 15.6 Å². The molecule has 1 aliphatic carbocycles. The number of benzene rings is 1. The molecule has 1 heterocycles. The standard InChI is InChI=1S/C12H3B11ClNO2/c13-2-1-6(5(16)4(15)3(2)14)23(24)12(22)8(1,25)7(26)9(17,27)10(18,19)11(12,20)21/h27H,25H2. The summed E-state index contributed by atoms with van der Waals surface area (Å²) < 4.78 is 0. The first kappa shape index (κ1) is 21.5. The highest BCUT2D eigenvalue weighted by molar-refractivity contribution is 7.21. The molecule has 1 fully saturated rings. The van der Waals surface area contributed by atoms with Crippen molar-refractivity contribution < 1.29 is 9.90 Å². The van der Waals surface area contributed by atoms with E-state index in [1.54, 1.807) is 0 Å². The van der Waals surface area contributed by atoms with Crippen molar-refractivity contribution in [3.8, 4) is 0 Å². The lowest BCUT2D eigenvalue weighted by molar-refractivity contribution is -0.142. The molecular weight excluding hydrogens is 345 g/mol.